The fourth-order valence-electron chi connectivity index (χ4n) is 3.49. The van der Waals surface area contributed by atoms with Gasteiger partial charge >= 0.3 is 0 Å². The molecule has 0 aliphatic heterocycles. The van der Waals surface area contributed by atoms with Crippen molar-refractivity contribution < 1.29 is 9.90 Å². The summed E-state index contributed by atoms with van der Waals surface area (Å²) in [5, 5.41) is 14.5. The number of carbonyl (C=O) groups is 1. The normalized spacial score (nSPS) is 20.8. The van der Waals surface area contributed by atoms with E-state index in [1.807, 2.05) is 44.3 Å². The molecule has 1 aliphatic rings. The number of nitrogens with zero attached hydrogens (tertiary/aromatic N) is 3. The lowest BCUT2D eigenvalue weighted by Crippen LogP contribution is -2.38. The van der Waals surface area contributed by atoms with Crippen LogP contribution in [-0.4, -0.2) is 45.4 Å². The van der Waals surface area contributed by atoms with Crippen LogP contribution in [0.2, 0.25) is 0 Å². The van der Waals surface area contributed by atoms with Gasteiger partial charge in [0.05, 0.1) is 29.2 Å². The van der Waals surface area contributed by atoms with Crippen LogP contribution in [0, 0.1) is 12.8 Å². The monoisotopic (exact) mass is 327 g/mol. The summed E-state index contributed by atoms with van der Waals surface area (Å²) in [6.07, 6.45) is 5.40. The minimum atomic E-state index is -0.290. The lowest BCUT2D eigenvalue weighted by molar-refractivity contribution is 0.0451. The Morgan fingerprint density at radius 1 is 1.29 bits per heavy atom. The van der Waals surface area contributed by atoms with Crippen LogP contribution >= 0.6 is 0 Å². The van der Waals surface area contributed by atoms with Crippen molar-refractivity contribution in [2.75, 3.05) is 13.6 Å². The van der Waals surface area contributed by atoms with Gasteiger partial charge < -0.3 is 10.0 Å². The summed E-state index contributed by atoms with van der Waals surface area (Å²) < 4.78 is 1.79. The van der Waals surface area contributed by atoms with Crippen molar-refractivity contribution in [3.05, 3.63) is 47.8 Å². The Balaban J connectivity index is 1.74. The van der Waals surface area contributed by atoms with Gasteiger partial charge in [-0.1, -0.05) is 31.0 Å². The number of hydrogen-bond acceptors (Lipinski definition) is 3. The van der Waals surface area contributed by atoms with Crippen molar-refractivity contribution in [3.8, 4) is 5.69 Å². The molecule has 3 rings (SSSR count). The van der Waals surface area contributed by atoms with Crippen LogP contribution in [0.4, 0.5) is 0 Å². The van der Waals surface area contributed by atoms with E-state index in [1.54, 1.807) is 15.8 Å². The molecule has 1 heterocycles. The van der Waals surface area contributed by atoms with Gasteiger partial charge in [-0.2, -0.15) is 5.10 Å². The van der Waals surface area contributed by atoms with Crippen LogP contribution in [-0.2, 0) is 0 Å². The second kappa shape index (κ2) is 7.18. The van der Waals surface area contributed by atoms with Crippen LogP contribution in [0.1, 0.15) is 41.7 Å². The van der Waals surface area contributed by atoms with E-state index in [2.05, 4.69) is 5.10 Å². The van der Waals surface area contributed by atoms with Gasteiger partial charge in [-0.15, -0.1) is 0 Å². The number of hydrogen-bond donors (Lipinski definition) is 1. The van der Waals surface area contributed by atoms with Crippen LogP contribution in [0.15, 0.2) is 36.5 Å². The van der Waals surface area contributed by atoms with Gasteiger partial charge in [0.15, 0.2) is 0 Å². The Labute approximate surface area is 142 Å². The van der Waals surface area contributed by atoms with Crippen LogP contribution in [0.5, 0.6) is 0 Å². The molecule has 2 aromatic rings. The minimum Gasteiger partial charge on any atom is -0.393 e. The molecule has 1 N–H and O–H groups in total. The maximum atomic E-state index is 12.8. The summed E-state index contributed by atoms with van der Waals surface area (Å²) in [6.45, 7) is 2.51. The predicted molar refractivity (Wildman–Crippen MR) is 93.2 cm³/mol. The number of para-hydroxylation sites is 1. The quantitative estimate of drug-likeness (QED) is 0.939. The van der Waals surface area contributed by atoms with Crippen molar-refractivity contribution >= 4 is 5.91 Å². The average Bonchev–Trinajstić information content (AvgIpc) is 2.98. The summed E-state index contributed by atoms with van der Waals surface area (Å²) in [4.78, 5) is 14.5. The van der Waals surface area contributed by atoms with Crippen LogP contribution < -0.4 is 0 Å². The maximum Gasteiger partial charge on any atom is 0.257 e. The van der Waals surface area contributed by atoms with E-state index < -0.39 is 0 Å². The summed E-state index contributed by atoms with van der Waals surface area (Å²) in [7, 11) is 1.81. The number of aromatic nitrogens is 2. The van der Waals surface area contributed by atoms with Crippen molar-refractivity contribution in [3.63, 3.8) is 0 Å². The Kier molecular flexibility index (Phi) is 5.00. The largest absolute Gasteiger partial charge is 0.393 e. The summed E-state index contributed by atoms with van der Waals surface area (Å²) in [5.41, 5.74) is 2.40. The Morgan fingerprint density at radius 2 is 2.00 bits per heavy atom. The highest BCUT2D eigenvalue weighted by Gasteiger charge is 2.27. The third-order valence-corrected chi connectivity index (χ3v) is 4.96. The number of amides is 1. The molecule has 5 nitrogen and oxygen atoms in total. The molecule has 1 fully saturated rings. The average molecular weight is 327 g/mol. The van der Waals surface area contributed by atoms with E-state index in [0.717, 1.165) is 37.1 Å². The molecular formula is C19H25N3O2. The van der Waals surface area contributed by atoms with Crippen molar-refractivity contribution in [2.24, 2.45) is 5.92 Å². The molecule has 5 heteroatoms. The first-order chi connectivity index (χ1) is 11.6. The van der Waals surface area contributed by atoms with Crippen LogP contribution in [0.3, 0.4) is 0 Å². The van der Waals surface area contributed by atoms with E-state index in [0.29, 0.717) is 12.1 Å². The molecule has 1 aliphatic carbocycles. The molecule has 1 aromatic carbocycles. The van der Waals surface area contributed by atoms with Gasteiger partial charge in [0, 0.05) is 19.5 Å². The molecule has 1 saturated carbocycles. The summed E-state index contributed by atoms with van der Waals surface area (Å²) in [5.74, 6) is 0.143. The van der Waals surface area contributed by atoms with Gasteiger partial charge in [0.1, 0.15) is 0 Å². The molecule has 0 saturated heterocycles. The molecule has 0 bridgehead atoms. The first-order valence-corrected chi connectivity index (χ1v) is 8.61. The zero-order chi connectivity index (χ0) is 17.1. The first kappa shape index (κ1) is 16.7. The van der Waals surface area contributed by atoms with Crippen LogP contribution in [0.25, 0.3) is 5.69 Å². The van der Waals surface area contributed by atoms with E-state index >= 15 is 0 Å². The Hall–Kier alpha value is -2.14. The van der Waals surface area contributed by atoms with Gasteiger partial charge in [-0.05, 0) is 31.9 Å². The smallest absolute Gasteiger partial charge is 0.257 e. The van der Waals surface area contributed by atoms with E-state index in [-0.39, 0.29) is 17.9 Å². The zero-order valence-electron chi connectivity index (χ0n) is 14.4. The molecule has 1 amide bonds. The second-order valence-corrected chi connectivity index (χ2v) is 6.69. The molecule has 0 radical (unpaired) electrons. The minimum absolute atomic E-state index is 0.0348. The lowest BCUT2D eigenvalue weighted by Gasteiger charge is -2.31. The topological polar surface area (TPSA) is 58.4 Å². The lowest BCUT2D eigenvalue weighted by atomic mass is 9.86. The molecule has 24 heavy (non-hydrogen) atoms. The molecule has 0 spiro atoms. The number of benzene rings is 1. The number of carbonyl (C=O) groups excluding carboxylic acids is 1. The van der Waals surface area contributed by atoms with Gasteiger partial charge in [-0.3, -0.25) is 4.79 Å². The fraction of sp³-hybridized carbons (Fsp3) is 0.474. The molecular weight excluding hydrogens is 302 g/mol. The molecule has 1 aromatic heterocycles. The summed E-state index contributed by atoms with van der Waals surface area (Å²) >= 11 is 0. The van der Waals surface area contributed by atoms with E-state index in [1.165, 1.54) is 0 Å². The second-order valence-electron chi connectivity index (χ2n) is 6.69. The maximum absolute atomic E-state index is 12.8. The van der Waals surface area contributed by atoms with Crippen molar-refractivity contribution in [1.29, 1.82) is 0 Å². The van der Waals surface area contributed by atoms with E-state index in [4.69, 9.17) is 0 Å². The first-order valence-electron chi connectivity index (χ1n) is 8.61. The number of aliphatic hydroxyl groups is 1. The standard InChI is InChI=1S/C19H25N3O2/c1-14-17(12-20-22(14)16-9-4-3-5-10-16)19(24)21(2)13-15-8-6-7-11-18(15)23/h3-5,9-10,12,15,18,23H,6-8,11,13H2,1-2H3. The SMILES string of the molecule is Cc1c(C(=O)N(C)CC2CCCCC2O)cnn1-c1ccccc1. The predicted octanol–water partition coefficient (Wildman–Crippen LogP) is 2.80. The number of aliphatic hydroxyl groups excluding tert-OH is 1. The third-order valence-electron chi connectivity index (χ3n) is 4.96. The Morgan fingerprint density at radius 3 is 2.71 bits per heavy atom. The van der Waals surface area contributed by atoms with Crippen molar-refractivity contribution in [1.82, 2.24) is 14.7 Å². The van der Waals surface area contributed by atoms with Crippen molar-refractivity contribution in [2.45, 2.75) is 38.7 Å². The summed E-state index contributed by atoms with van der Waals surface area (Å²) in [6, 6.07) is 9.80. The highest BCUT2D eigenvalue weighted by Crippen LogP contribution is 2.25. The van der Waals surface area contributed by atoms with Gasteiger partial charge in [0.25, 0.3) is 5.91 Å². The van der Waals surface area contributed by atoms with E-state index in [9.17, 15) is 9.90 Å². The molecule has 2 atom stereocenters. The fourth-order valence-corrected chi connectivity index (χ4v) is 3.49. The number of rotatable bonds is 4. The molecule has 128 valence electrons. The molecule has 2 unspecified atom stereocenters. The van der Waals surface area contributed by atoms with Gasteiger partial charge in [0.2, 0.25) is 0 Å². The highest BCUT2D eigenvalue weighted by molar-refractivity contribution is 5.95. The van der Waals surface area contributed by atoms with Gasteiger partial charge in [-0.25, -0.2) is 4.68 Å². The Bertz CT molecular complexity index is 696. The highest BCUT2D eigenvalue weighted by atomic mass is 16.3. The third kappa shape index (κ3) is 3.36. The zero-order valence-corrected chi connectivity index (χ0v) is 14.4.